The molecule has 1 atom stereocenters. The van der Waals surface area contributed by atoms with Crippen molar-refractivity contribution >= 4 is 0 Å². The maximum atomic E-state index is 6.01. The molecule has 1 unspecified atom stereocenters. The van der Waals surface area contributed by atoms with Gasteiger partial charge in [0.25, 0.3) is 0 Å². The van der Waals surface area contributed by atoms with E-state index in [4.69, 9.17) is 5.73 Å². The van der Waals surface area contributed by atoms with Crippen LogP contribution in [0.4, 0.5) is 0 Å². The molecule has 2 N–H and O–H groups in total. The highest BCUT2D eigenvalue weighted by Gasteiger charge is 2.21. The Balaban J connectivity index is 1.74. The summed E-state index contributed by atoms with van der Waals surface area (Å²) in [5.74, 6) is 0.476. The van der Waals surface area contributed by atoms with Crippen LogP contribution in [0.25, 0.3) is 0 Å². The molecule has 0 radical (unpaired) electrons. The Bertz CT molecular complexity index is 499. The summed E-state index contributed by atoms with van der Waals surface area (Å²) < 4.78 is 0. The van der Waals surface area contributed by atoms with Crippen molar-refractivity contribution in [2.45, 2.75) is 24.8 Å². The molecule has 2 aromatic rings. The molecule has 110 valence electrons. The molecular formula is C19H24N2. The Morgan fingerprint density at radius 3 is 2.00 bits per heavy atom. The highest BCUT2D eigenvalue weighted by molar-refractivity contribution is 5.32. The number of rotatable bonds is 5. The summed E-state index contributed by atoms with van der Waals surface area (Å²) in [5.41, 5.74) is 8.83. The fourth-order valence-electron chi connectivity index (χ4n) is 3.27. The third-order valence-electron chi connectivity index (χ3n) is 4.45. The Morgan fingerprint density at radius 1 is 0.952 bits per heavy atom. The standard InChI is InChI=1S/C19H24N2/c20-18-11-13-21(15-18)14-12-19(16-7-3-1-4-8-16)17-9-5-2-6-10-17/h1-10,18-19H,11-15,20H2. The average Bonchev–Trinajstić information content (AvgIpc) is 2.95. The fraction of sp³-hybridized carbons (Fsp3) is 0.368. The molecular weight excluding hydrogens is 256 g/mol. The third kappa shape index (κ3) is 3.72. The van der Waals surface area contributed by atoms with Gasteiger partial charge in [0, 0.05) is 18.5 Å². The van der Waals surface area contributed by atoms with Crippen molar-refractivity contribution < 1.29 is 0 Å². The number of hydrogen-bond acceptors (Lipinski definition) is 2. The summed E-state index contributed by atoms with van der Waals surface area (Å²) >= 11 is 0. The third-order valence-corrected chi connectivity index (χ3v) is 4.45. The number of nitrogens with two attached hydrogens (primary N) is 1. The molecule has 1 aliphatic rings. The van der Waals surface area contributed by atoms with Crippen LogP contribution in [0, 0.1) is 0 Å². The minimum absolute atomic E-state index is 0.372. The van der Waals surface area contributed by atoms with Crippen molar-refractivity contribution in [2.24, 2.45) is 5.73 Å². The zero-order valence-corrected chi connectivity index (χ0v) is 12.5. The second-order valence-corrected chi connectivity index (χ2v) is 6.01. The number of benzene rings is 2. The van der Waals surface area contributed by atoms with Gasteiger partial charge >= 0.3 is 0 Å². The summed E-state index contributed by atoms with van der Waals surface area (Å²) in [6.07, 6.45) is 2.29. The maximum absolute atomic E-state index is 6.01. The highest BCUT2D eigenvalue weighted by atomic mass is 15.2. The van der Waals surface area contributed by atoms with Gasteiger partial charge in [-0.3, -0.25) is 0 Å². The summed E-state index contributed by atoms with van der Waals surface area (Å²) in [7, 11) is 0. The molecule has 1 fully saturated rings. The van der Waals surface area contributed by atoms with Crippen LogP contribution in [0.15, 0.2) is 60.7 Å². The quantitative estimate of drug-likeness (QED) is 0.911. The number of likely N-dealkylation sites (tertiary alicyclic amines) is 1. The van der Waals surface area contributed by atoms with Crippen LogP contribution >= 0.6 is 0 Å². The molecule has 2 heteroatoms. The topological polar surface area (TPSA) is 29.3 Å². The van der Waals surface area contributed by atoms with Crippen LogP contribution in [-0.2, 0) is 0 Å². The summed E-state index contributed by atoms with van der Waals surface area (Å²) in [4.78, 5) is 2.50. The summed E-state index contributed by atoms with van der Waals surface area (Å²) in [6.45, 7) is 3.33. The van der Waals surface area contributed by atoms with E-state index in [1.54, 1.807) is 0 Å². The van der Waals surface area contributed by atoms with Crippen molar-refractivity contribution in [2.75, 3.05) is 19.6 Å². The Morgan fingerprint density at radius 2 is 1.52 bits per heavy atom. The molecule has 1 aliphatic heterocycles. The van der Waals surface area contributed by atoms with E-state index in [1.807, 2.05) is 0 Å². The molecule has 2 aromatic carbocycles. The van der Waals surface area contributed by atoms with Gasteiger partial charge in [-0.25, -0.2) is 0 Å². The van der Waals surface area contributed by atoms with Crippen LogP contribution in [-0.4, -0.2) is 30.6 Å². The molecule has 0 aliphatic carbocycles. The van der Waals surface area contributed by atoms with Gasteiger partial charge in [0.05, 0.1) is 0 Å². The average molecular weight is 280 g/mol. The van der Waals surface area contributed by atoms with E-state index < -0.39 is 0 Å². The molecule has 0 amide bonds. The van der Waals surface area contributed by atoms with Gasteiger partial charge in [0.15, 0.2) is 0 Å². The van der Waals surface area contributed by atoms with Crippen LogP contribution < -0.4 is 5.73 Å². The minimum atomic E-state index is 0.372. The van der Waals surface area contributed by atoms with Gasteiger partial charge in [0.2, 0.25) is 0 Å². The second kappa shape index (κ2) is 6.88. The molecule has 0 saturated carbocycles. The van der Waals surface area contributed by atoms with Gasteiger partial charge in [-0.1, -0.05) is 60.7 Å². The number of nitrogens with zero attached hydrogens (tertiary/aromatic N) is 1. The molecule has 0 aromatic heterocycles. The zero-order chi connectivity index (χ0) is 14.5. The lowest BCUT2D eigenvalue weighted by molar-refractivity contribution is 0.323. The van der Waals surface area contributed by atoms with E-state index in [9.17, 15) is 0 Å². The molecule has 2 nitrogen and oxygen atoms in total. The predicted octanol–water partition coefficient (Wildman–Crippen LogP) is 3.24. The number of hydrogen-bond donors (Lipinski definition) is 1. The smallest absolute Gasteiger partial charge is 0.0180 e. The minimum Gasteiger partial charge on any atom is -0.326 e. The first-order chi connectivity index (χ1) is 10.3. The Labute approximate surface area is 127 Å². The maximum Gasteiger partial charge on any atom is 0.0180 e. The van der Waals surface area contributed by atoms with Crippen LogP contribution in [0.2, 0.25) is 0 Å². The van der Waals surface area contributed by atoms with Crippen molar-refractivity contribution in [1.29, 1.82) is 0 Å². The van der Waals surface area contributed by atoms with Crippen molar-refractivity contribution in [1.82, 2.24) is 4.90 Å². The van der Waals surface area contributed by atoms with Crippen LogP contribution in [0.1, 0.15) is 29.9 Å². The summed E-state index contributed by atoms with van der Waals surface area (Å²) in [6, 6.07) is 22.1. The molecule has 3 rings (SSSR count). The van der Waals surface area contributed by atoms with Gasteiger partial charge in [-0.2, -0.15) is 0 Å². The first kappa shape index (κ1) is 14.3. The first-order valence-electron chi connectivity index (χ1n) is 7.91. The highest BCUT2D eigenvalue weighted by Crippen LogP contribution is 2.28. The zero-order valence-electron chi connectivity index (χ0n) is 12.5. The molecule has 0 spiro atoms. The van der Waals surface area contributed by atoms with E-state index in [1.165, 1.54) is 11.1 Å². The summed E-state index contributed by atoms with van der Waals surface area (Å²) in [5, 5.41) is 0. The molecule has 0 bridgehead atoms. The van der Waals surface area contributed by atoms with Crippen molar-refractivity contribution in [3.63, 3.8) is 0 Å². The van der Waals surface area contributed by atoms with E-state index in [0.717, 1.165) is 32.5 Å². The van der Waals surface area contributed by atoms with Gasteiger partial charge in [-0.15, -0.1) is 0 Å². The SMILES string of the molecule is NC1CCN(CCC(c2ccccc2)c2ccccc2)C1. The van der Waals surface area contributed by atoms with Crippen LogP contribution in [0.5, 0.6) is 0 Å². The van der Waals surface area contributed by atoms with Crippen molar-refractivity contribution in [3.8, 4) is 0 Å². The van der Waals surface area contributed by atoms with E-state index in [0.29, 0.717) is 12.0 Å². The Hall–Kier alpha value is -1.64. The van der Waals surface area contributed by atoms with Gasteiger partial charge in [-0.05, 0) is 37.1 Å². The van der Waals surface area contributed by atoms with Gasteiger partial charge in [0.1, 0.15) is 0 Å². The molecule has 1 saturated heterocycles. The largest absolute Gasteiger partial charge is 0.326 e. The van der Waals surface area contributed by atoms with E-state index in [2.05, 4.69) is 65.6 Å². The lowest BCUT2D eigenvalue weighted by atomic mass is 9.88. The van der Waals surface area contributed by atoms with E-state index in [-0.39, 0.29) is 0 Å². The lowest BCUT2D eigenvalue weighted by Gasteiger charge is -2.22. The Kier molecular flexibility index (Phi) is 4.69. The normalized spacial score (nSPS) is 19.2. The molecule has 1 heterocycles. The lowest BCUT2D eigenvalue weighted by Crippen LogP contribution is -2.28. The predicted molar refractivity (Wildman–Crippen MR) is 88.4 cm³/mol. The van der Waals surface area contributed by atoms with Gasteiger partial charge < -0.3 is 10.6 Å². The van der Waals surface area contributed by atoms with E-state index >= 15 is 0 Å². The van der Waals surface area contributed by atoms with Crippen molar-refractivity contribution in [3.05, 3.63) is 71.8 Å². The fourth-order valence-corrected chi connectivity index (χ4v) is 3.27. The molecule has 21 heavy (non-hydrogen) atoms. The van der Waals surface area contributed by atoms with Crippen LogP contribution in [0.3, 0.4) is 0 Å². The second-order valence-electron chi connectivity index (χ2n) is 6.01. The first-order valence-corrected chi connectivity index (χ1v) is 7.91. The monoisotopic (exact) mass is 280 g/mol.